The molecule has 25 heavy (non-hydrogen) atoms. The molecule has 1 rings (SSSR count). The number of hydrogen-bond acceptors (Lipinski definition) is 4. The first-order chi connectivity index (χ1) is 11.9. The lowest BCUT2D eigenvalue weighted by atomic mass is 10.1. The summed E-state index contributed by atoms with van der Waals surface area (Å²) >= 11 is 0. The van der Waals surface area contributed by atoms with Crippen LogP contribution in [0.4, 0.5) is 4.79 Å². The highest BCUT2D eigenvalue weighted by Gasteiger charge is 2.07. The number of primary sulfonamides is 1. The number of nitrogens with one attached hydrogen (secondary N) is 1. The standard InChI is InChI=1S/C18H26N2O4S/c1-2-3-4-5-6-7-8-9-14-24-18(21)20-15-16-10-12-17(13-11-16)25(19,22)23/h10-13H,2-6,9,14-15H2,1H3,(H,20,21)(H2,19,22,23). The van der Waals surface area contributed by atoms with Crippen molar-refractivity contribution in [1.29, 1.82) is 0 Å². The zero-order chi connectivity index (χ0) is 18.5. The summed E-state index contributed by atoms with van der Waals surface area (Å²) < 4.78 is 27.3. The molecule has 0 saturated carbocycles. The van der Waals surface area contributed by atoms with Crippen LogP contribution in [-0.2, 0) is 21.3 Å². The summed E-state index contributed by atoms with van der Waals surface area (Å²) in [5, 5.41) is 7.61. The van der Waals surface area contributed by atoms with Gasteiger partial charge in [-0.2, -0.15) is 0 Å². The third kappa shape index (κ3) is 9.75. The molecule has 0 fully saturated rings. The molecule has 0 aliphatic carbocycles. The Bertz CT molecular complexity index is 688. The molecule has 0 radical (unpaired) electrons. The average Bonchev–Trinajstić information content (AvgIpc) is 2.58. The zero-order valence-corrected chi connectivity index (χ0v) is 15.4. The summed E-state index contributed by atoms with van der Waals surface area (Å²) in [5.41, 5.74) is 0.747. The fourth-order valence-corrected chi connectivity index (χ4v) is 2.55. The van der Waals surface area contributed by atoms with Crippen LogP contribution in [0, 0.1) is 11.8 Å². The van der Waals surface area contributed by atoms with Crippen molar-refractivity contribution in [2.45, 2.75) is 56.9 Å². The zero-order valence-electron chi connectivity index (χ0n) is 14.6. The summed E-state index contributed by atoms with van der Waals surface area (Å²) in [7, 11) is -3.70. The van der Waals surface area contributed by atoms with E-state index in [-0.39, 0.29) is 18.0 Å². The highest BCUT2D eigenvalue weighted by molar-refractivity contribution is 7.89. The normalized spacial score (nSPS) is 10.6. The van der Waals surface area contributed by atoms with Crippen molar-refractivity contribution < 1.29 is 17.9 Å². The third-order valence-electron chi connectivity index (χ3n) is 3.43. The summed E-state index contributed by atoms with van der Waals surface area (Å²) in [6.07, 6.45) is 5.67. The number of carbonyl (C=O) groups excluding carboxylic acids is 1. The van der Waals surface area contributed by atoms with Crippen LogP contribution in [-0.4, -0.2) is 21.1 Å². The number of sulfonamides is 1. The van der Waals surface area contributed by atoms with Crippen molar-refractivity contribution in [1.82, 2.24) is 5.32 Å². The van der Waals surface area contributed by atoms with Gasteiger partial charge < -0.3 is 10.1 Å². The first-order valence-corrected chi connectivity index (χ1v) is 9.96. The van der Waals surface area contributed by atoms with Crippen molar-refractivity contribution in [3.05, 3.63) is 29.8 Å². The van der Waals surface area contributed by atoms with Gasteiger partial charge in [0.1, 0.15) is 6.61 Å². The van der Waals surface area contributed by atoms with Crippen molar-refractivity contribution in [2.24, 2.45) is 5.14 Å². The minimum atomic E-state index is -3.70. The van der Waals surface area contributed by atoms with E-state index in [4.69, 9.17) is 9.88 Å². The topological polar surface area (TPSA) is 98.5 Å². The van der Waals surface area contributed by atoms with E-state index < -0.39 is 16.1 Å². The van der Waals surface area contributed by atoms with Crippen LogP contribution in [0.25, 0.3) is 0 Å². The van der Waals surface area contributed by atoms with Crippen molar-refractivity contribution >= 4 is 16.1 Å². The molecule has 0 bridgehead atoms. The number of alkyl carbamates (subject to hydrolysis) is 1. The van der Waals surface area contributed by atoms with E-state index in [1.165, 1.54) is 31.4 Å². The smallest absolute Gasteiger partial charge is 0.407 e. The summed E-state index contributed by atoms with van der Waals surface area (Å²) in [5.74, 6) is 6.06. The van der Waals surface area contributed by atoms with Gasteiger partial charge in [-0.25, -0.2) is 18.4 Å². The van der Waals surface area contributed by atoms with Gasteiger partial charge in [0.05, 0.1) is 4.90 Å². The van der Waals surface area contributed by atoms with Gasteiger partial charge in [0.15, 0.2) is 0 Å². The van der Waals surface area contributed by atoms with Gasteiger partial charge in [0.25, 0.3) is 0 Å². The highest BCUT2D eigenvalue weighted by Crippen LogP contribution is 2.08. The van der Waals surface area contributed by atoms with Gasteiger partial charge in [-0.05, 0) is 24.1 Å². The maximum Gasteiger partial charge on any atom is 0.407 e. The Kier molecular flexibility index (Phi) is 9.66. The van der Waals surface area contributed by atoms with Crippen LogP contribution in [0.1, 0.15) is 51.0 Å². The molecule has 0 unspecified atom stereocenters. The summed E-state index contributed by atoms with van der Waals surface area (Å²) in [6.45, 7) is 2.67. The minimum absolute atomic E-state index is 0.0343. The number of hydrogen-bond donors (Lipinski definition) is 2. The number of unbranched alkanes of at least 4 members (excludes halogenated alkanes) is 4. The van der Waals surface area contributed by atoms with Crippen molar-refractivity contribution in [3.8, 4) is 11.8 Å². The van der Waals surface area contributed by atoms with Crippen LogP contribution in [0.15, 0.2) is 29.2 Å². The van der Waals surface area contributed by atoms with E-state index >= 15 is 0 Å². The number of benzene rings is 1. The Hall–Kier alpha value is -2.04. The Morgan fingerprint density at radius 2 is 1.80 bits per heavy atom. The van der Waals surface area contributed by atoms with E-state index in [2.05, 4.69) is 24.1 Å². The maximum absolute atomic E-state index is 11.6. The van der Waals surface area contributed by atoms with E-state index in [9.17, 15) is 13.2 Å². The van der Waals surface area contributed by atoms with Gasteiger partial charge in [-0.1, -0.05) is 44.2 Å². The van der Waals surface area contributed by atoms with Gasteiger partial charge in [-0.15, -0.1) is 5.92 Å². The number of rotatable bonds is 9. The first-order valence-electron chi connectivity index (χ1n) is 8.41. The third-order valence-corrected chi connectivity index (χ3v) is 4.36. The molecule has 138 valence electrons. The lowest BCUT2D eigenvalue weighted by Crippen LogP contribution is -2.24. The molecule has 1 amide bonds. The van der Waals surface area contributed by atoms with Crippen molar-refractivity contribution in [2.75, 3.05) is 6.61 Å². The molecule has 1 aromatic rings. The Morgan fingerprint density at radius 1 is 1.12 bits per heavy atom. The fraction of sp³-hybridized carbons (Fsp3) is 0.500. The molecular formula is C18H26N2O4S. The highest BCUT2D eigenvalue weighted by atomic mass is 32.2. The second-order valence-corrected chi connectivity index (χ2v) is 7.15. The first kappa shape index (κ1) is 21.0. The van der Waals surface area contributed by atoms with E-state index in [1.807, 2.05) is 0 Å². The summed E-state index contributed by atoms with van der Waals surface area (Å²) in [4.78, 5) is 11.6. The number of amides is 1. The fourth-order valence-electron chi connectivity index (χ4n) is 2.03. The van der Waals surface area contributed by atoms with Gasteiger partial charge in [0, 0.05) is 19.4 Å². The second kappa shape index (κ2) is 11.5. The molecule has 0 heterocycles. The predicted octanol–water partition coefficient (Wildman–Crippen LogP) is 2.92. The van der Waals surface area contributed by atoms with E-state index in [0.717, 1.165) is 18.4 Å². The molecule has 0 aliphatic rings. The quantitative estimate of drug-likeness (QED) is 0.518. The number of nitrogens with two attached hydrogens (primary N) is 1. The second-order valence-electron chi connectivity index (χ2n) is 5.59. The lowest BCUT2D eigenvalue weighted by Gasteiger charge is -2.06. The van der Waals surface area contributed by atoms with Gasteiger partial charge >= 0.3 is 6.09 Å². The molecule has 0 saturated heterocycles. The molecule has 0 spiro atoms. The largest absolute Gasteiger partial charge is 0.449 e. The minimum Gasteiger partial charge on any atom is -0.449 e. The number of ether oxygens (including phenoxy) is 1. The summed E-state index contributed by atoms with van der Waals surface area (Å²) in [6, 6.07) is 5.97. The molecule has 3 N–H and O–H groups in total. The van der Waals surface area contributed by atoms with Gasteiger partial charge in [-0.3, -0.25) is 0 Å². The lowest BCUT2D eigenvalue weighted by molar-refractivity contribution is 0.148. The Morgan fingerprint density at radius 3 is 2.44 bits per heavy atom. The molecule has 7 heteroatoms. The van der Waals surface area contributed by atoms with E-state index in [0.29, 0.717) is 6.42 Å². The van der Waals surface area contributed by atoms with Crippen LogP contribution in [0.2, 0.25) is 0 Å². The maximum atomic E-state index is 11.6. The number of carbonyl (C=O) groups is 1. The van der Waals surface area contributed by atoms with Gasteiger partial charge in [0.2, 0.25) is 10.0 Å². The van der Waals surface area contributed by atoms with Crippen LogP contribution in [0.5, 0.6) is 0 Å². The van der Waals surface area contributed by atoms with Crippen LogP contribution in [0.3, 0.4) is 0 Å². The Balaban J connectivity index is 2.18. The average molecular weight is 366 g/mol. The van der Waals surface area contributed by atoms with Crippen LogP contribution < -0.4 is 10.5 Å². The van der Waals surface area contributed by atoms with Crippen LogP contribution >= 0.6 is 0 Å². The molecule has 6 nitrogen and oxygen atoms in total. The molecule has 0 aliphatic heterocycles. The molecule has 0 atom stereocenters. The molecular weight excluding hydrogens is 340 g/mol. The Labute approximate surface area is 150 Å². The molecule has 1 aromatic carbocycles. The van der Waals surface area contributed by atoms with E-state index in [1.54, 1.807) is 12.1 Å². The molecule has 0 aromatic heterocycles. The monoisotopic (exact) mass is 366 g/mol. The SMILES string of the molecule is CCCCCCC#CCCOC(=O)NCc1ccc(S(N)(=O)=O)cc1. The van der Waals surface area contributed by atoms with Crippen molar-refractivity contribution in [3.63, 3.8) is 0 Å². The predicted molar refractivity (Wildman–Crippen MR) is 97.2 cm³/mol.